The van der Waals surface area contributed by atoms with Gasteiger partial charge in [0.1, 0.15) is 17.1 Å². The number of nitrogens with zero attached hydrogens (tertiary/aromatic N) is 1. The Morgan fingerprint density at radius 2 is 2.00 bits per heavy atom. The van der Waals surface area contributed by atoms with Gasteiger partial charge in [0.25, 0.3) is 5.91 Å². The van der Waals surface area contributed by atoms with Crippen LogP contribution in [0.1, 0.15) is 48.3 Å². The van der Waals surface area contributed by atoms with Gasteiger partial charge in [0.2, 0.25) is 0 Å². The van der Waals surface area contributed by atoms with Crippen molar-refractivity contribution in [1.29, 1.82) is 0 Å². The number of hydrogen-bond donors (Lipinski definition) is 3. The molecule has 1 aromatic heterocycles. The minimum Gasteiger partial charge on any atom is -0.378 e. The van der Waals surface area contributed by atoms with Gasteiger partial charge in [-0.3, -0.25) is 4.79 Å². The summed E-state index contributed by atoms with van der Waals surface area (Å²) in [6.07, 6.45) is 2.03. The van der Waals surface area contributed by atoms with E-state index in [1.807, 2.05) is 24.3 Å². The number of rotatable bonds is 2. The van der Waals surface area contributed by atoms with Crippen LogP contribution in [0.5, 0.6) is 0 Å². The fourth-order valence-corrected chi connectivity index (χ4v) is 3.36. The van der Waals surface area contributed by atoms with Crippen molar-refractivity contribution in [2.24, 2.45) is 0 Å². The summed E-state index contributed by atoms with van der Waals surface area (Å²) in [6.45, 7) is 3.27. The van der Waals surface area contributed by atoms with E-state index in [1.165, 1.54) is 0 Å². The summed E-state index contributed by atoms with van der Waals surface area (Å²) >= 11 is 0. The van der Waals surface area contributed by atoms with E-state index in [0.717, 1.165) is 35.1 Å². The molecule has 0 atom stereocenters. The molecule has 0 radical (unpaired) electrons. The molecule has 1 aromatic carbocycles. The van der Waals surface area contributed by atoms with Crippen molar-refractivity contribution in [2.45, 2.75) is 37.8 Å². The molecular formula is C21H21N3O2. The number of nitrogens with one attached hydrogen (secondary N) is 2. The molecule has 1 saturated carbocycles. The van der Waals surface area contributed by atoms with Crippen LogP contribution in [0.4, 0.5) is 5.82 Å². The molecule has 1 amide bonds. The van der Waals surface area contributed by atoms with Gasteiger partial charge in [0.05, 0.1) is 5.54 Å². The van der Waals surface area contributed by atoms with Crippen molar-refractivity contribution in [2.75, 3.05) is 12.4 Å². The zero-order chi connectivity index (χ0) is 18.5. The standard InChI is InChI=1S/C21H21N3O2/c1-20(2,26)9-8-14-5-6-15(18(22-3)23-14)13-4-7-17-16(12-13)19(25)24-21(17)10-11-21/h4-7,12,26H,10-11H2,1-3H3,(H,22,23)(H,24,25). The number of anilines is 1. The molecule has 1 spiro atoms. The second kappa shape index (κ2) is 5.58. The Hall–Kier alpha value is -2.84. The number of aromatic nitrogens is 1. The van der Waals surface area contributed by atoms with E-state index >= 15 is 0 Å². The van der Waals surface area contributed by atoms with Gasteiger partial charge in [-0.1, -0.05) is 18.1 Å². The van der Waals surface area contributed by atoms with E-state index < -0.39 is 5.60 Å². The van der Waals surface area contributed by atoms with E-state index in [-0.39, 0.29) is 11.4 Å². The van der Waals surface area contributed by atoms with E-state index in [4.69, 9.17) is 0 Å². The second-order valence-electron chi connectivity index (χ2n) is 7.45. The van der Waals surface area contributed by atoms with Crippen LogP contribution in [-0.4, -0.2) is 28.6 Å². The second-order valence-corrected chi connectivity index (χ2v) is 7.45. The molecule has 0 unspecified atom stereocenters. The van der Waals surface area contributed by atoms with Crippen LogP contribution >= 0.6 is 0 Å². The molecule has 2 heterocycles. The van der Waals surface area contributed by atoms with Crippen molar-refractivity contribution in [1.82, 2.24) is 10.3 Å². The lowest BCUT2D eigenvalue weighted by molar-refractivity contribution is 0.0952. The molecule has 0 saturated heterocycles. The number of carbonyl (C=O) groups excluding carboxylic acids is 1. The first-order chi connectivity index (χ1) is 12.3. The Morgan fingerprint density at radius 3 is 2.65 bits per heavy atom. The topological polar surface area (TPSA) is 74.2 Å². The highest BCUT2D eigenvalue weighted by Gasteiger charge is 2.51. The van der Waals surface area contributed by atoms with Gasteiger partial charge in [-0.05, 0) is 61.9 Å². The largest absolute Gasteiger partial charge is 0.378 e. The number of pyridine rings is 1. The lowest BCUT2D eigenvalue weighted by Crippen LogP contribution is -2.25. The first kappa shape index (κ1) is 16.6. The quantitative estimate of drug-likeness (QED) is 0.730. The lowest BCUT2D eigenvalue weighted by atomic mass is 9.97. The summed E-state index contributed by atoms with van der Waals surface area (Å²) < 4.78 is 0. The molecule has 5 nitrogen and oxygen atoms in total. The Labute approximate surface area is 152 Å². The minimum atomic E-state index is -1.06. The average molecular weight is 347 g/mol. The lowest BCUT2D eigenvalue weighted by Gasteiger charge is -2.11. The molecule has 26 heavy (non-hydrogen) atoms. The first-order valence-corrected chi connectivity index (χ1v) is 8.73. The third-order valence-electron chi connectivity index (χ3n) is 4.82. The molecule has 2 aliphatic rings. The Bertz CT molecular complexity index is 973. The highest BCUT2D eigenvalue weighted by molar-refractivity contribution is 6.02. The fraction of sp³-hybridized carbons (Fsp3) is 0.333. The normalized spacial score (nSPS) is 16.5. The SMILES string of the molecule is CNc1nc(C#CC(C)(C)O)ccc1-c1ccc2c(c1)C(=O)NC21CC1. The molecule has 1 fully saturated rings. The average Bonchev–Trinajstić information content (AvgIpc) is 3.33. The van der Waals surface area contributed by atoms with Gasteiger partial charge >= 0.3 is 0 Å². The van der Waals surface area contributed by atoms with Crippen molar-refractivity contribution in [3.8, 4) is 23.0 Å². The van der Waals surface area contributed by atoms with Crippen LogP contribution in [0.25, 0.3) is 11.1 Å². The predicted molar refractivity (Wildman–Crippen MR) is 101 cm³/mol. The predicted octanol–water partition coefficient (Wildman–Crippen LogP) is 2.65. The van der Waals surface area contributed by atoms with Gasteiger partial charge < -0.3 is 15.7 Å². The Balaban J connectivity index is 1.73. The molecule has 2 aromatic rings. The molecule has 5 heteroatoms. The number of aliphatic hydroxyl groups is 1. The van der Waals surface area contributed by atoms with E-state index in [2.05, 4.69) is 33.5 Å². The highest BCUT2D eigenvalue weighted by atomic mass is 16.3. The summed E-state index contributed by atoms with van der Waals surface area (Å²) in [4.78, 5) is 16.8. The number of amides is 1. The summed E-state index contributed by atoms with van der Waals surface area (Å²) in [5.41, 5.74) is 3.13. The summed E-state index contributed by atoms with van der Waals surface area (Å²) in [5.74, 6) is 6.35. The highest BCUT2D eigenvalue weighted by Crippen LogP contribution is 2.50. The van der Waals surface area contributed by atoms with Gasteiger partial charge in [0.15, 0.2) is 0 Å². The maximum Gasteiger partial charge on any atom is 0.252 e. The fourth-order valence-electron chi connectivity index (χ4n) is 3.36. The smallest absolute Gasteiger partial charge is 0.252 e. The number of fused-ring (bicyclic) bond motifs is 2. The van der Waals surface area contributed by atoms with Crippen LogP contribution < -0.4 is 10.6 Å². The van der Waals surface area contributed by atoms with Gasteiger partial charge in [0, 0.05) is 18.2 Å². The monoisotopic (exact) mass is 347 g/mol. The molecule has 132 valence electrons. The van der Waals surface area contributed by atoms with Crippen LogP contribution in [0.2, 0.25) is 0 Å². The maximum atomic E-state index is 12.3. The summed E-state index contributed by atoms with van der Waals surface area (Å²) in [7, 11) is 1.80. The molecule has 1 aliphatic heterocycles. The third-order valence-corrected chi connectivity index (χ3v) is 4.82. The Morgan fingerprint density at radius 1 is 1.23 bits per heavy atom. The van der Waals surface area contributed by atoms with Crippen molar-refractivity contribution < 1.29 is 9.90 Å². The molecule has 3 N–H and O–H groups in total. The van der Waals surface area contributed by atoms with E-state index in [0.29, 0.717) is 11.5 Å². The van der Waals surface area contributed by atoms with E-state index in [1.54, 1.807) is 20.9 Å². The molecular weight excluding hydrogens is 326 g/mol. The van der Waals surface area contributed by atoms with Crippen LogP contribution in [0.3, 0.4) is 0 Å². The Kier molecular flexibility index (Phi) is 3.57. The van der Waals surface area contributed by atoms with Crippen LogP contribution in [-0.2, 0) is 5.54 Å². The molecule has 0 bridgehead atoms. The van der Waals surface area contributed by atoms with Gasteiger partial charge in [-0.15, -0.1) is 0 Å². The van der Waals surface area contributed by atoms with Gasteiger partial charge in [-0.25, -0.2) is 4.98 Å². The van der Waals surface area contributed by atoms with Gasteiger partial charge in [-0.2, -0.15) is 0 Å². The number of hydrogen-bond acceptors (Lipinski definition) is 4. The summed E-state index contributed by atoms with van der Waals surface area (Å²) in [5, 5.41) is 15.9. The number of carbonyl (C=O) groups is 1. The van der Waals surface area contributed by atoms with Crippen LogP contribution in [0, 0.1) is 11.8 Å². The third kappa shape index (κ3) is 2.83. The zero-order valence-electron chi connectivity index (χ0n) is 15.1. The van der Waals surface area contributed by atoms with Crippen molar-refractivity contribution >= 4 is 11.7 Å². The van der Waals surface area contributed by atoms with Crippen molar-refractivity contribution in [3.63, 3.8) is 0 Å². The zero-order valence-corrected chi connectivity index (χ0v) is 15.1. The van der Waals surface area contributed by atoms with Crippen molar-refractivity contribution in [3.05, 3.63) is 47.2 Å². The van der Waals surface area contributed by atoms with Crippen LogP contribution in [0.15, 0.2) is 30.3 Å². The first-order valence-electron chi connectivity index (χ1n) is 8.73. The maximum absolute atomic E-state index is 12.3. The summed E-state index contributed by atoms with van der Waals surface area (Å²) in [6, 6.07) is 9.80. The van der Waals surface area contributed by atoms with E-state index in [9.17, 15) is 9.90 Å². The number of benzene rings is 1. The molecule has 4 rings (SSSR count). The minimum absolute atomic E-state index is 0.00554. The molecule has 1 aliphatic carbocycles.